The molecule has 1 heterocycles. The summed E-state index contributed by atoms with van der Waals surface area (Å²) in [6.45, 7) is 0. The van der Waals surface area contributed by atoms with Crippen LogP contribution in [0.15, 0.2) is 18.3 Å². The van der Waals surface area contributed by atoms with Crippen molar-refractivity contribution >= 4 is 5.91 Å². The number of carbonyl (C=O) groups excluding carboxylic acids is 1. The maximum Gasteiger partial charge on any atom is 0.251 e. The normalized spacial score (nSPS) is 16.4. The second kappa shape index (κ2) is 6.89. The first-order valence-electron chi connectivity index (χ1n) is 6.92. The molecule has 1 aromatic heterocycles. The molecule has 19 heavy (non-hydrogen) atoms. The summed E-state index contributed by atoms with van der Waals surface area (Å²) in [4.78, 5) is 16.2. The highest BCUT2D eigenvalue weighted by molar-refractivity contribution is 5.94. The summed E-state index contributed by atoms with van der Waals surface area (Å²) < 4.78 is 0. The van der Waals surface area contributed by atoms with Crippen molar-refractivity contribution in [3.8, 4) is 6.07 Å². The van der Waals surface area contributed by atoms with Gasteiger partial charge in [-0.25, -0.2) is 0 Å². The lowest BCUT2D eigenvalue weighted by Gasteiger charge is -2.16. The Balaban J connectivity index is 1.98. The molecule has 1 fully saturated rings. The topological polar surface area (TPSA) is 65.8 Å². The molecule has 4 heteroatoms. The van der Waals surface area contributed by atoms with Crippen LogP contribution in [0.3, 0.4) is 0 Å². The molecular weight excluding hydrogens is 238 g/mol. The fraction of sp³-hybridized carbons (Fsp3) is 0.533. The number of amides is 1. The van der Waals surface area contributed by atoms with E-state index in [1.54, 1.807) is 18.3 Å². The molecule has 1 aromatic rings. The Hall–Kier alpha value is -1.89. The molecule has 0 saturated heterocycles. The number of rotatable bonds is 3. The van der Waals surface area contributed by atoms with E-state index in [-0.39, 0.29) is 12.3 Å². The summed E-state index contributed by atoms with van der Waals surface area (Å²) in [6, 6.07) is 5.74. The highest BCUT2D eigenvalue weighted by atomic mass is 16.1. The van der Waals surface area contributed by atoms with Gasteiger partial charge in [0.05, 0.1) is 18.2 Å². The summed E-state index contributed by atoms with van der Waals surface area (Å²) >= 11 is 0. The average molecular weight is 257 g/mol. The maximum atomic E-state index is 12.2. The Morgan fingerprint density at radius 1 is 1.37 bits per heavy atom. The molecule has 1 saturated carbocycles. The Bertz CT molecular complexity index is 471. The van der Waals surface area contributed by atoms with Gasteiger partial charge in [0, 0.05) is 17.8 Å². The number of hydrogen-bond acceptors (Lipinski definition) is 3. The van der Waals surface area contributed by atoms with Crippen LogP contribution in [-0.2, 0) is 6.42 Å². The molecule has 0 radical (unpaired) electrons. The summed E-state index contributed by atoms with van der Waals surface area (Å²) in [7, 11) is 0. The zero-order valence-corrected chi connectivity index (χ0v) is 11.1. The van der Waals surface area contributed by atoms with Crippen LogP contribution < -0.4 is 5.32 Å². The van der Waals surface area contributed by atoms with E-state index in [4.69, 9.17) is 5.26 Å². The maximum absolute atomic E-state index is 12.2. The van der Waals surface area contributed by atoms with Crippen molar-refractivity contribution in [1.29, 1.82) is 5.26 Å². The molecular formula is C15H19N3O. The summed E-state index contributed by atoms with van der Waals surface area (Å²) in [6.07, 6.45) is 8.91. The van der Waals surface area contributed by atoms with Crippen molar-refractivity contribution in [1.82, 2.24) is 10.3 Å². The molecule has 1 aliphatic carbocycles. The van der Waals surface area contributed by atoms with E-state index in [0.29, 0.717) is 17.3 Å². The average Bonchev–Trinajstić information content (AvgIpc) is 2.68. The standard InChI is InChI=1S/C15H19N3O/c16-9-7-14-11-12(8-10-17-14)15(19)18-13-5-3-1-2-4-6-13/h8,10-11,13H,1-7H2,(H,18,19). The Labute approximate surface area is 113 Å². The largest absolute Gasteiger partial charge is 0.349 e. The van der Waals surface area contributed by atoms with E-state index in [1.807, 2.05) is 6.07 Å². The van der Waals surface area contributed by atoms with Gasteiger partial charge in [0.2, 0.25) is 0 Å². The van der Waals surface area contributed by atoms with Crippen LogP contribution in [0.1, 0.15) is 54.6 Å². The smallest absolute Gasteiger partial charge is 0.251 e. The van der Waals surface area contributed by atoms with Gasteiger partial charge in [-0.1, -0.05) is 25.7 Å². The summed E-state index contributed by atoms with van der Waals surface area (Å²) in [5, 5.41) is 11.7. The molecule has 0 unspecified atom stereocenters. The van der Waals surface area contributed by atoms with Crippen LogP contribution in [0, 0.1) is 11.3 Å². The monoisotopic (exact) mass is 257 g/mol. The van der Waals surface area contributed by atoms with Crippen molar-refractivity contribution in [2.75, 3.05) is 0 Å². The highest BCUT2D eigenvalue weighted by Gasteiger charge is 2.15. The van der Waals surface area contributed by atoms with Gasteiger partial charge in [0.15, 0.2) is 0 Å². The number of nitrogens with one attached hydrogen (secondary N) is 1. The molecule has 0 spiro atoms. The molecule has 0 aromatic carbocycles. The van der Waals surface area contributed by atoms with E-state index in [0.717, 1.165) is 12.8 Å². The van der Waals surface area contributed by atoms with Crippen molar-refractivity contribution in [3.63, 3.8) is 0 Å². The molecule has 1 N–H and O–H groups in total. The van der Waals surface area contributed by atoms with E-state index < -0.39 is 0 Å². The van der Waals surface area contributed by atoms with Gasteiger partial charge >= 0.3 is 0 Å². The third kappa shape index (κ3) is 4.06. The first-order chi connectivity index (χ1) is 9.29. The van der Waals surface area contributed by atoms with Gasteiger partial charge < -0.3 is 5.32 Å². The summed E-state index contributed by atoms with van der Waals surface area (Å²) in [5.74, 6) is -0.0477. The van der Waals surface area contributed by atoms with E-state index in [1.165, 1.54) is 25.7 Å². The zero-order chi connectivity index (χ0) is 13.5. The number of nitrogens with zero attached hydrogens (tertiary/aromatic N) is 2. The van der Waals surface area contributed by atoms with E-state index in [2.05, 4.69) is 10.3 Å². The van der Waals surface area contributed by atoms with Crippen LogP contribution in [0.5, 0.6) is 0 Å². The third-order valence-electron chi connectivity index (χ3n) is 3.53. The minimum atomic E-state index is -0.0477. The molecule has 1 amide bonds. The first-order valence-corrected chi connectivity index (χ1v) is 6.92. The molecule has 0 aliphatic heterocycles. The SMILES string of the molecule is N#CCc1cc(C(=O)NC2CCCCCC2)ccn1. The Morgan fingerprint density at radius 3 is 2.79 bits per heavy atom. The Morgan fingerprint density at radius 2 is 2.11 bits per heavy atom. The second-order valence-corrected chi connectivity index (χ2v) is 5.03. The number of hydrogen-bond donors (Lipinski definition) is 1. The van der Waals surface area contributed by atoms with Gasteiger partial charge in [-0.15, -0.1) is 0 Å². The van der Waals surface area contributed by atoms with Gasteiger partial charge in [-0.3, -0.25) is 9.78 Å². The minimum Gasteiger partial charge on any atom is -0.349 e. The molecule has 0 bridgehead atoms. The van der Waals surface area contributed by atoms with Crippen LogP contribution in [0.25, 0.3) is 0 Å². The lowest BCUT2D eigenvalue weighted by molar-refractivity contribution is 0.0933. The van der Waals surface area contributed by atoms with Crippen molar-refractivity contribution in [3.05, 3.63) is 29.6 Å². The molecule has 0 atom stereocenters. The third-order valence-corrected chi connectivity index (χ3v) is 3.53. The van der Waals surface area contributed by atoms with Gasteiger partial charge in [-0.2, -0.15) is 5.26 Å². The first kappa shape index (κ1) is 13.5. The van der Waals surface area contributed by atoms with E-state index >= 15 is 0 Å². The quantitative estimate of drug-likeness (QED) is 0.846. The fourth-order valence-electron chi connectivity index (χ4n) is 2.49. The van der Waals surface area contributed by atoms with Gasteiger partial charge in [0.25, 0.3) is 5.91 Å². The predicted octanol–water partition coefficient (Wildman–Crippen LogP) is 2.60. The predicted molar refractivity (Wildman–Crippen MR) is 72.5 cm³/mol. The van der Waals surface area contributed by atoms with Gasteiger partial charge in [0.1, 0.15) is 0 Å². The second-order valence-electron chi connectivity index (χ2n) is 5.03. The zero-order valence-electron chi connectivity index (χ0n) is 11.1. The highest BCUT2D eigenvalue weighted by Crippen LogP contribution is 2.17. The van der Waals surface area contributed by atoms with Crippen molar-refractivity contribution in [2.45, 2.75) is 51.0 Å². The number of nitriles is 1. The molecule has 2 rings (SSSR count). The van der Waals surface area contributed by atoms with Crippen LogP contribution >= 0.6 is 0 Å². The number of pyridine rings is 1. The van der Waals surface area contributed by atoms with Crippen molar-refractivity contribution in [2.24, 2.45) is 0 Å². The van der Waals surface area contributed by atoms with Crippen molar-refractivity contribution < 1.29 is 4.79 Å². The van der Waals surface area contributed by atoms with E-state index in [9.17, 15) is 4.79 Å². The Kier molecular flexibility index (Phi) is 4.91. The van der Waals surface area contributed by atoms with Gasteiger partial charge in [-0.05, 0) is 25.0 Å². The molecule has 1 aliphatic rings. The van der Waals surface area contributed by atoms with Crippen LogP contribution in [0.2, 0.25) is 0 Å². The molecule has 4 nitrogen and oxygen atoms in total. The summed E-state index contributed by atoms with van der Waals surface area (Å²) in [5.41, 5.74) is 1.25. The minimum absolute atomic E-state index is 0.0477. The lowest BCUT2D eigenvalue weighted by Crippen LogP contribution is -2.34. The fourth-order valence-corrected chi connectivity index (χ4v) is 2.49. The molecule has 100 valence electrons. The van der Waals surface area contributed by atoms with Crippen LogP contribution in [-0.4, -0.2) is 16.9 Å². The number of aromatic nitrogens is 1. The number of carbonyl (C=O) groups is 1. The van der Waals surface area contributed by atoms with Crippen LogP contribution in [0.4, 0.5) is 0 Å². The lowest BCUT2D eigenvalue weighted by atomic mass is 10.1.